The summed E-state index contributed by atoms with van der Waals surface area (Å²) in [4.78, 5) is 4.53. The van der Waals surface area contributed by atoms with E-state index in [-0.39, 0.29) is 0 Å². The molecule has 0 saturated heterocycles. The molecule has 1 unspecified atom stereocenters. The molecule has 2 N–H and O–H groups in total. The van der Waals surface area contributed by atoms with Gasteiger partial charge in [0.25, 0.3) is 0 Å². The van der Waals surface area contributed by atoms with Gasteiger partial charge in [-0.15, -0.1) is 0 Å². The van der Waals surface area contributed by atoms with Gasteiger partial charge in [0.1, 0.15) is 0 Å². The molecule has 142 valence electrons. The second-order valence-electron chi connectivity index (χ2n) is 6.97. The van der Waals surface area contributed by atoms with E-state index in [1.807, 2.05) is 19.3 Å². The van der Waals surface area contributed by atoms with E-state index >= 15 is 0 Å². The lowest BCUT2D eigenvalue weighted by Gasteiger charge is -2.30. The van der Waals surface area contributed by atoms with Gasteiger partial charge in [0.15, 0.2) is 5.95 Å². The number of nitrogens with zero attached hydrogens (tertiary/aromatic N) is 2. The molecule has 1 aliphatic rings. The summed E-state index contributed by atoms with van der Waals surface area (Å²) in [7, 11) is 1.82. The number of imidazole rings is 1. The largest absolute Gasteiger partial charge is 0.416 e. The molecule has 1 aromatic carbocycles. The molecule has 0 spiro atoms. The minimum Gasteiger partial charge on any atom is -0.369 e. The number of allylic oxidation sites excluding steroid dienone is 4. The van der Waals surface area contributed by atoms with Crippen LogP contribution in [0.3, 0.4) is 0 Å². The predicted octanol–water partition coefficient (Wildman–Crippen LogP) is 4.96. The number of hydrogen-bond donors (Lipinski definition) is 1. The summed E-state index contributed by atoms with van der Waals surface area (Å²) in [6.07, 6.45) is 3.24. The van der Waals surface area contributed by atoms with Crippen LogP contribution in [0.15, 0.2) is 66.9 Å². The molecule has 2 aromatic rings. The van der Waals surface area contributed by atoms with Crippen molar-refractivity contribution >= 4 is 5.95 Å². The standard InChI is InChI=1S/C21H22F3N3/c1-4-5-17-14(2)10-11-20(17,18-13-27(3)19(25)26-18)12-15-6-8-16(9-7-15)21(22,23)24/h4-9,13H,1-2,10-12H2,3H3,(H2,25,26)/b17-5+. The van der Waals surface area contributed by atoms with Crippen molar-refractivity contribution in [1.82, 2.24) is 9.55 Å². The quantitative estimate of drug-likeness (QED) is 0.823. The number of aromatic nitrogens is 2. The number of nitrogens with two attached hydrogens (primary N) is 1. The minimum atomic E-state index is -4.35. The molecule has 27 heavy (non-hydrogen) atoms. The van der Waals surface area contributed by atoms with Crippen LogP contribution < -0.4 is 5.73 Å². The maximum atomic E-state index is 12.9. The average Bonchev–Trinajstić information content (AvgIpc) is 3.10. The predicted molar refractivity (Wildman–Crippen MR) is 101 cm³/mol. The molecule has 3 rings (SSSR count). The molecule has 3 nitrogen and oxygen atoms in total. The Morgan fingerprint density at radius 1 is 1.30 bits per heavy atom. The van der Waals surface area contributed by atoms with Crippen molar-refractivity contribution in [3.63, 3.8) is 0 Å². The van der Waals surface area contributed by atoms with Crippen molar-refractivity contribution in [3.8, 4) is 0 Å². The number of rotatable bonds is 4. The lowest BCUT2D eigenvalue weighted by molar-refractivity contribution is -0.137. The Morgan fingerprint density at radius 2 is 1.96 bits per heavy atom. The van der Waals surface area contributed by atoms with Crippen LogP contribution in [0.2, 0.25) is 0 Å². The number of alkyl halides is 3. The van der Waals surface area contributed by atoms with Crippen molar-refractivity contribution < 1.29 is 13.2 Å². The van der Waals surface area contributed by atoms with E-state index in [2.05, 4.69) is 18.1 Å². The first-order valence-electron chi connectivity index (χ1n) is 8.64. The van der Waals surface area contributed by atoms with Gasteiger partial charge in [0, 0.05) is 18.7 Å². The van der Waals surface area contributed by atoms with Gasteiger partial charge in [-0.25, -0.2) is 4.98 Å². The van der Waals surface area contributed by atoms with Crippen LogP contribution in [0.5, 0.6) is 0 Å². The maximum Gasteiger partial charge on any atom is 0.416 e. The summed E-state index contributed by atoms with van der Waals surface area (Å²) in [5.41, 5.74) is 8.41. The van der Waals surface area contributed by atoms with E-state index in [0.717, 1.165) is 47.4 Å². The average molecular weight is 373 g/mol. The van der Waals surface area contributed by atoms with Gasteiger partial charge in [-0.1, -0.05) is 43.0 Å². The molecule has 1 aromatic heterocycles. The molecular weight excluding hydrogens is 351 g/mol. The second kappa shape index (κ2) is 6.76. The van der Waals surface area contributed by atoms with Crippen LogP contribution in [-0.2, 0) is 25.1 Å². The van der Waals surface area contributed by atoms with E-state index < -0.39 is 17.2 Å². The lowest BCUT2D eigenvalue weighted by Crippen LogP contribution is -2.28. The Bertz CT molecular complexity index is 884. The smallest absolute Gasteiger partial charge is 0.369 e. The van der Waals surface area contributed by atoms with E-state index in [9.17, 15) is 13.2 Å². The number of anilines is 1. The van der Waals surface area contributed by atoms with Gasteiger partial charge in [0.2, 0.25) is 0 Å². The van der Waals surface area contributed by atoms with Gasteiger partial charge in [0.05, 0.1) is 11.3 Å². The molecule has 1 aliphatic carbocycles. The van der Waals surface area contributed by atoms with Gasteiger partial charge in [-0.05, 0) is 42.5 Å². The van der Waals surface area contributed by atoms with Gasteiger partial charge < -0.3 is 10.3 Å². The van der Waals surface area contributed by atoms with Crippen LogP contribution >= 0.6 is 0 Å². The van der Waals surface area contributed by atoms with Crippen molar-refractivity contribution in [2.45, 2.75) is 30.9 Å². The highest BCUT2D eigenvalue weighted by Crippen LogP contribution is 2.49. The Balaban J connectivity index is 2.07. The molecule has 1 heterocycles. The highest BCUT2D eigenvalue weighted by Gasteiger charge is 2.44. The zero-order chi connectivity index (χ0) is 19.8. The Kier molecular flexibility index (Phi) is 4.76. The summed E-state index contributed by atoms with van der Waals surface area (Å²) < 4.78 is 40.3. The van der Waals surface area contributed by atoms with Crippen molar-refractivity contribution in [2.24, 2.45) is 7.05 Å². The van der Waals surface area contributed by atoms with Gasteiger partial charge in [-0.3, -0.25) is 0 Å². The van der Waals surface area contributed by atoms with Crippen molar-refractivity contribution in [1.29, 1.82) is 0 Å². The number of aryl methyl sites for hydroxylation is 1. The zero-order valence-electron chi connectivity index (χ0n) is 15.2. The fourth-order valence-electron chi connectivity index (χ4n) is 3.78. The van der Waals surface area contributed by atoms with Crippen LogP contribution in [0, 0.1) is 0 Å². The summed E-state index contributed by atoms with van der Waals surface area (Å²) in [6.45, 7) is 7.96. The molecule has 1 saturated carbocycles. The van der Waals surface area contributed by atoms with Gasteiger partial charge >= 0.3 is 6.18 Å². The monoisotopic (exact) mass is 373 g/mol. The minimum absolute atomic E-state index is 0.396. The van der Waals surface area contributed by atoms with E-state index in [1.54, 1.807) is 10.6 Å². The fourth-order valence-corrected chi connectivity index (χ4v) is 3.78. The van der Waals surface area contributed by atoms with E-state index in [1.165, 1.54) is 12.1 Å². The van der Waals surface area contributed by atoms with Crippen molar-refractivity contribution in [2.75, 3.05) is 5.73 Å². The molecule has 6 heteroatoms. The topological polar surface area (TPSA) is 43.8 Å². The van der Waals surface area contributed by atoms with Crippen LogP contribution in [-0.4, -0.2) is 9.55 Å². The lowest BCUT2D eigenvalue weighted by atomic mass is 9.73. The van der Waals surface area contributed by atoms with Gasteiger partial charge in [-0.2, -0.15) is 13.2 Å². The normalized spacial score (nSPS) is 21.8. The molecule has 0 bridgehead atoms. The number of nitrogen functional groups attached to an aromatic ring is 1. The summed E-state index contributed by atoms with van der Waals surface area (Å²) >= 11 is 0. The first-order valence-corrected chi connectivity index (χ1v) is 8.64. The third kappa shape index (κ3) is 3.44. The molecule has 0 aliphatic heterocycles. The second-order valence-corrected chi connectivity index (χ2v) is 6.97. The molecule has 1 atom stereocenters. The summed E-state index contributed by atoms with van der Waals surface area (Å²) in [5.74, 6) is 0.396. The summed E-state index contributed by atoms with van der Waals surface area (Å²) in [6, 6.07) is 5.31. The maximum absolute atomic E-state index is 12.9. The first-order chi connectivity index (χ1) is 12.7. The molecule has 0 amide bonds. The summed E-state index contributed by atoms with van der Waals surface area (Å²) in [5, 5.41) is 0. The van der Waals surface area contributed by atoms with Crippen LogP contribution in [0.1, 0.15) is 29.7 Å². The third-order valence-corrected chi connectivity index (χ3v) is 5.22. The third-order valence-electron chi connectivity index (χ3n) is 5.22. The molecular formula is C21H22F3N3. The zero-order valence-corrected chi connectivity index (χ0v) is 15.2. The fraction of sp³-hybridized carbons (Fsp3) is 0.286. The SMILES string of the molecule is C=C/C=C1\C(=C)CCC1(Cc1ccc(C(F)(F)F)cc1)c1cn(C)c(N)n1. The number of hydrogen-bond acceptors (Lipinski definition) is 2. The number of halogens is 3. The van der Waals surface area contributed by atoms with E-state index in [4.69, 9.17) is 5.73 Å². The Hall–Kier alpha value is -2.76. The Labute approximate surface area is 156 Å². The van der Waals surface area contributed by atoms with E-state index in [0.29, 0.717) is 12.4 Å². The highest BCUT2D eigenvalue weighted by atomic mass is 19.4. The van der Waals surface area contributed by atoms with Crippen LogP contribution in [0.25, 0.3) is 0 Å². The van der Waals surface area contributed by atoms with Crippen molar-refractivity contribution in [3.05, 3.63) is 83.7 Å². The first kappa shape index (κ1) is 19.0. The molecule has 0 radical (unpaired) electrons. The highest BCUT2D eigenvalue weighted by molar-refractivity contribution is 5.52. The number of benzene rings is 1. The Morgan fingerprint density at radius 3 is 2.48 bits per heavy atom. The van der Waals surface area contributed by atoms with Crippen LogP contribution in [0.4, 0.5) is 19.1 Å². The molecule has 1 fully saturated rings.